The largest absolute Gasteiger partial charge is 0.481 e. The Bertz CT molecular complexity index is 541. The van der Waals surface area contributed by atoms with Crippen molar-refractivity contribution in [3.8, 4) is 0 Å². The Labute approximate surface area is 176 Å². The van der Waals surface area contributed by atoms with Gasteiger partial charge in [0, 0.05) is 6.42 Å². The summed E-state index contributed by atoms with van der Waals surface area (Å²) in [5.74, 6) is -1.61. The molecule has 29 heavy (non-hydrogen) atoms. The lowest BCUT2D eigenvalue weighted by atomic mass is 9.93. The van der Waals surface area contributed by atoms with Crippen LogP contribution in [0.4, 0.5) is 0 Å². The van der Waals surface area contributed by atoms with Crippen molar-refractivity contribution in [2.75, 3.05) is 0 Å². The van der Waals surface area contributed by atoms with Gasteiger partial charge in [0.1, 0.15) is 0 Å². The number of carbonyl (C=O) groups is 2. The Hall–Kier alpha value is -1.84. The zero-order valence-corrected chi connectivity index (χ0v) is 18.0. The van der Waals surface area contributed by atoms with Crippen LogP contribution in [0.25, 0.3) is 0 Å². The van der Waals surface area contributed by atoms with Gasteiger partial charge in [-0.1, -0.05) is 107 Å². The summed E-state index contributed by atoms with van der Waals surface area (Å²) in [7, 11) is 0. The van der Waals surface area contributed by atoms with E-state index in [4.69, 9.17) is 5.11 Å². The first-order chi connectivity index (χ1) is 14.1. The van der Waals surface area contributed by atoms with E-state index in [1.807, 2.05) is 30.3 Å². The van der Waals surface area contributed by atoms with Crippen molar-refractivity contribution in [3.05, 3.63) is 35.9 Å². The van der Waals surface area contributed by atoms with Crippen molar-refractivity contribution >= 4 is 11.9 Å². The summed E-state index contributed by atoms with van der Waals surface area (Å²) >= 11 is 0. The van der Waals surface area contributed by atoms with Gasteiger partial charge in [-0.05, 0) is 24.8 Å². The molecule has 164 valence electrons. The summed E-state index contributed by atoms with van der Waals surface area (Å²) in [6, 6.07) is 9.92. The second-order valence-corrected chi connectivity index (χ2v) is 8.25. The lowest BCUT2D eigenvalue weighted by molar-refractivity contribution is -0.142. The third kappa shape index (κ3) is 14.8. The molecule has 4 heteroatoms. The molecule has 2 N–H and O–H groups in total. The molecule has 0 fully saturated rings. The molecule has 0 radical (unpaired) electrons. The molecule has 0 saturated carbocycles. The van der Waals surface area contributed by atoms with Crippen LogP contribution in [0.5, 0.6) is 0 Å². The molecule has 1 aromatic rings. The van der Waals surface area contributed by atoms with Gasteiger partial charge in [0.2, 0.25) is 0 Å². The van der Waals surface area contributed by atoms with Crippen molar-refractivity contribution in [1.82, 2.24) is 0 Å². The molecule has 1 unspecified atom stereocenters. The summed E-state index contributed by atoms with van der Waals surface area (Å²) < 4.78 is 0. The molecular formula is C25H40O4. The molecule has 0 bridgehead atoms. The maximum absolute atomic E-state index is 11.5. The molecule has 0 spiro atoms. The molecule has 1 aromatic carbocycles. The van der Waals surface area contributed by atoms with Gasteiger partial charge < -0.3 is 10.2 Å². The fraction of sp³-hybridized carbons (Fsp3) is 0.680. The number of rotatable bonds is 19. The minimum Gasteiger partial charge on any atom is -0.481 e. The summed E-state index contributed by atoms with van der Waals surface area (Å²) in [6.45, 7) is 0. The van der Waals surface area contributed by atoms with Gasteiger partial charge in [0.25, 0.3) is 0 Å². The summed E-state index contributed by atoms with van der Waals surface area (Å²) in [4.78, 5) is 21.9. The average molecular weight is 405 g/mol. The molecule has 4 nitrogen and oxygen atoms in total. The molecule has 0 heterocycles. The third-order valence-electron chi connectivity index (χ3n) is 5.62. The van der Waals surface area contributed by atoms with E-state index in [2.05, 4.69) is 0 Å². The van der Waals surface area contributed by atoms with Crippen LogP contribution in [-0.4, -0.2) is 22.2 Å². The molecule has 1 atom stereocenters. The van der Waals surface area contributed by atoms with Gasteiger partial charge in [-0.15, -0.1) is 0 Å². The molecular weight excluding hydrogens is 364 g/mol. The Kier molecular flexibility index (Phi) is 14.8. The smallest absolute Gasteiger partial charge is 0.306 e. The first kappa shape index (κ1) is 25.2. The molecule has 0 amide bonds. The number of hydrogen-bond acceptors (Lipinski definition) is 2. The lowest BCUT2D eigenvalue weighted by Crippen LogP contribution is -2.16. The normalized spacial score (nSPS) is 12.0. The van der Waals surface area contributed by atoms with E-state index in [1.54, 1.807) is 0 Å². The van der Waals surface area contributed by atoms with E-state index in [-0.39, 0.29) is 5.92 Å². The van der Waals surface area contributed by atoms with Crippen LogP contribution in [-0.2, 0) is 16.0 Å². The maximum atomic E-state index is 11.5. The second kappa shape index (κ2) is 17.1. The van der Waals surface area contributed by atoms with Gasteiger partial charge in [-0.3, -0.25) is 9.59 Å². The summed E-state index contributed by atoms with van der Waals surface area (Å²) in [6.07, 6.45) is 17.0. The topological polar surface area (TPSA) is 74.6 Å². The van der Waals surface area contributed by atoms with Crippen LogP contribution in [0.15, 0.2) is 30.3 Å². The standard InChI is InChI=1S/C25H40O4/c26-24(27)20-16-11-9-7-5-3-1-2-4-6-8-10-15-19-23(25(28)29)21-22-17-13-12-14-18-22/h12-14,17-18,23H,1-11,15-16,19-21H2,(H,26,27)(H,28,29). The van der Waals surface area contributed by atoms with Crippen LogP contribution in [0.3, 0.4) is 0 Å². The Balaban J connectivity index is 1.90. The Morgan fingerprint density at radius 3 is 1.55 bits per heavy atom. The highest BCUT2D eigenvalue weighted by atomic mass is 16.4. The molecule has 0 aliphatic carbocycles. The van der Waals surface area contributed by atoms with E-state index < -0.39 is 11.9 Å². The SMILES string of the molecule is O=C(O)CCCCCCCCCCCCCCCC(Cc1ccccc1)C(=O)O. The summed E-state index contributed by atoms with van der Waals surface area (Å²) in [5.41, 5.74) is 1.11. The van der Waals surface area contributed by atoms with E-state index in [0.717, 1.165) is 44.1 Å². The van der Waals surface area contributed by atoms with Crippen LogP contribution in [0.1, 0.15) is 102 Å². The van der Waals surface area contributed by atoms with Crippen LogP contribution in [0, 0.1) is 5.92 Å². The monoisotopic (exact) mass is 404 g/mol. The predicted octanol–water partition coefficient (Wildman–Crippen LogP) is 6.87. The minimum absolute atomic E-state index is 0.262. The van der Waals surface area contributed by atoms with Crippen LogP contribution < -0.4 is 0 Å². The molecule has 0 saturated heterocycles. The number of benzene rings is 1. The zero-order valence-electron chi connectivity index (χ0n) is 18.0. The van der Waals surface area contributed by atoms with Gasteiger partial charge in [-0.25, -0.2) is 0 Å². The number of carboxylic acid groups (broad SMARTS) is 2. The Morgan fingerprint density at radius 2 is 1.10 bits per heavy atom. The fourth-order valence-corrected chi connectivity index (χ4v) is 3.82. The average Bonchev–Trinajstić information content (AvgIpc) is 2.70. The Morgan fingerprint density at radius 1 is 0.655 bits per heavy atom. The number of hydrogen-bond donors (Lipinski definition) is 2. The van der Waals surface area contributed by atoms with Gasteiger partial charge in [0.05, 0.1) is 5.92 Å². The van der Waals surface area contributed by atoms with E-state index in [1.165, 1.54) is 51.4 Å². The van der Waals surface area contributed by atoms with Gasteiger partial charge in [-0.2, -0.15) is 0 Å². The predicted molar refractivity (Wildman–Crippen MR) is 118 cm³/mol. The highest BCUT2D eigenvalue weighted by molar-refractivity contribution is 5.70. The molecule has 1 rings (SSSR count). The van der Waals surface area contributed by atoms with Crippen molar-refractivity contribution in [2.45, 2.75) is 103 Å². The van der Waals surface area contributed by atoms with Crippen molar-refractivity contribution < 1.29 is 19.8 Å². The van der Waals surface area contributed by atoms with E-state index >= 15 is 0 Å². The quantitative estimate of drug-likeness (QED) is 0.247. The van der Waals surface area contributed by atoms with E-state index in [9.17, 15) is 14.7 Å². The van der Waals surface area contributed by atoms with Crippen molar-refractivity contribution in [1.29, 1.82) is 0 Å². The zero-order chi connectivity index (χ0) is 21.2. The van der Waals surface area contributed by atoms with Gasteiger partial charge >= 0.3 is 11.9 Å². The van der Waals surface area contributed by atoms with Crippen molar-refractivity contribution in [2.24, 2.45) is 5.92 Å². The highest BCUT2D eigenvalue weighted by Crippen LogP contribution is 2.18. The lowest BCUT2D eigenvalue weighted by Gasteiger charge is -2.12. The summed E-state index contributed by atoms with van der Waals surface area (Å²) in [5, 5.41) is 18.0. The third-order valence-corrected chi connectivity index (χ3v) is 5.62. The highest BCUT2D eigenvalue weighted by Gasteiger charge is 2.17. The fourth-order valence-electron chi connectivity index (χ4n) is 3.82. The van der Waals surface area contributed by atoms with Gasteiger partial charge in [0.15, 0.2) is 0 Å². The first-order valence-corrected chi connectivity index (χ1v) is 11.6. The minimum atomic E-state index is -0.682. The van der Waals surface area contributed by atoms with Crippen LogP contribution in [0.2, 0.25) is 0 Å². The molecule has 0 aliphatic heterocycles. The maximum Gasteiger partial charge on any atom is 0.306 e. The molecule has 0 aliphatic rings. The first-order valence-electron chi connectivity index (χ1n) is 11.6. The van der Waals surface area contributed by atoms with Crippen molar-refractivity contribution in [3.63, 3.8) is 0 Å². The van der Waals surface area contributed by atoms with E-state index in [0.29, 0.717) is 12.8 Å². The molecule has 0 aromatic heterocycles. The number of unbranched alkanes of at least 4 members (excludes halogenated alkanes) is 12. The number of carboxylic acids is 2. The number of aliphatic carboxylic acids is 2. The van der Waals surface area contributed by atoms with Crippen LogP contribution >= 0.6 is 0 Å². The second-order valence-electron chi connectivity index (χ2n) is 8.25.